The first-order valence-corrected chi connectivity index (χ1v) is 9.57. The Balaban J connectivity index is 2.16. The summed E-state index contributed by atoms with van der Waals surface area (Å²) in [6.45, 7) is 4.63. The predicted molar refractivity (Wildman–Crippen MR) is 85.8 cm³/mol. The highest BCUT2D eigenvalue weighted by molar-refractivity contribution is 7.92. The summed E-state index contributed by atoms with van der Waals surface area (Å²) in [6, 6.07) is 4.35. The van der Waals surface area contributed by atoms with Crippen LogP contribution < -0.4 is 10.1 Å². The lowest BCUT2D eigenvalue weighted by Crippen LogP contribution is -2.37. The monoisotopic (exact) mass is 365 g/mol. The standard InChI is InChI=1S/C16H22F3NO3S/c1-11(2)24(21,22)10-15(12-7-8-20-9-12)23-14-5-3-13(4-6-14)16(17,18)19/h3-6,11-12,15,20H,7-10H2,1-2H3/t12-,15+/m0/s1. The van der Waals surface area contributed by atoms with Crippen molar-refractivity contribution < 1.29 is 26.3 Å². The third kappa shape index (κ3) is 4.86. The first-order valence-electron chi connectivity index (χ1n) is 7.86. The Morgan fingerprint density at radius 1 is 1.25 bits per heavy atom. The summed E-state index contributed by atoms with van der Waals surface area (Å²) in [5, 5.41) is 2.64. The molecule has 0 unspecified atom stereocenters. The van der Waals surface area contributed by atoms with Gasteiger partial charge < -0.3 is 10.1 Å². The largest absolute Gasteiger partial charge is 0.489 e. The molecule has 1 aliphatic heterocycles. The quantitative estimate of drug-likeness (QED) is 0.842. The minimum atomic E-state index is -4.41. The molecule has 24 heavy (non-hydrogen) atoms. The number of halogens is 3. The van der Waals surface area contributed by atoms with Gasteiger partial charge in [-0.15, -0.1) is 0 Å². The Kier molecular flexibility index (Phi) is 5.80. The van der Waals surface area contributed by atoms with Crippen LogP contribution in [0.1, 0.15) is 25.8 Å². The van der Waals surface area contributed by atoms with E-state index in [1.54, 1.807) is 13.8 Å². The second-order valence-electron chi connectivity index (χ2n) is 6.31. The molecular formula is C16H22F3NO3S. The van der Waals surface area contributed by atoms with Crippen LogP contribution in [0, 0.1) is 5.92 Å². The maximum absolute atomic E-state index is 12.6. The van der Waals surface area contributed by atoms with E-state index in [0.29, 0.717) is 6.54 Å². The molecule has 0 aromatic heterocycles. The molecule has 1 aromatic carbocycles. The molecule has 0 bridgehead atoms. The number of benzene rings is 1. The van der Waals surface area contributed by atoms with Crippen molar-refractivity contribution in [3.8, 4) is 5.75 Å². The summed E-state index contributed by atoms with van der Waals surface area (Å²) in [5.74, 6) is 0.123. The molecule has 0 spiro atoms. The van der Waals surface area contributed by atoms with Crippen molar-refractivity contribution in [2.24, 2.45) is 5.92 Å². The lowest BCUT2D eigenvalue weighted by atomic mass is 10.0. The smallest absolute Gasteiger partial charge is 0.416 e. The van der Waals surface area contributed by atoms with E-state index < -0.39 is 32.9 Å². The number of hydrogen-bond acceptors (Lipinski definition) is 4. The molecule has 4 nitrogen and oxygen atoms in total. The molecule has 1 aliphatic rings. The number of ether oxygens (including phenoxy) is 1. The highest BCUT2D eigenvalue weighted by Crippen LogP contribution is 2.31. The van der Waals surface area contributed by atoms with Crippen molar-refractivity contribution in [2.45, 2.75) is 37.8 Å². The minimum Gasteiger partial charge on any atom is -0.489 e. The van der Waals surface area contributed by atoms with Crippen LogP contribution in [-0.2, 0) is 16.0 Å². The van der Waals surface area contributed by atoms with Crippen LogP contribution in [0.2, 0.25) is 0 Å². The average Bonchev–Trinajstić information content (AvgIpc) is 3.00. The van der Waals surface area contributed by atoms with E-state index in [1.807, 2.05) is 0 Å². The van der Waals surface area contributed by atoms with Crippen LogP contribution in [-0.4, -0.2) is 38.6 Å². The van der Waals surface area contributed by atoms with Crippen molar-refractivity contribution in [2.75, 3.05) is 18.8 Å². The fourth-order valence-corrected chi connectivity index (χ4v) is 3.76. The summed E-state index contributed by atoms with van der Waals surface area (Å²) in [7, 11) is -3.32. The van der Waals surface area contributed by atoms with Gasteiger partial charge in [0.15, 0.2) is 9.84 Å². The van der Waals surface area contributed by atoms with E-state index in [2.05, 4.69) is 5.32 Å². The van der Waals surface area contributed by atoms with Gasteiger partial charge in [-0.1, -0.05) is 0 Å². The molecule has 8 heteroatoms. The SMILES string of the molecule is CC(C)S(=O)(=O)C[C@@H](Oc1ccc(C(F)(F)F)cc1)[C@H]1CCNC1. The first-order chi connectivity index (χ1) is 11.1. The van der Waals surface area contributed by atoms with E-state index in [1.165, 1.54) is 12.1 Å². The van der Waals surface area contributed by atoms with Gasteiger partial charge in [0.05, 0.1) is 16.6 Å². The third-order valence-electron chi connectivity index (χ3n) is 4.21. The van der Waals surface area contributed by atoms with E-state index in [-0.39, 0.29) is 17.4 Å². The highest BCUT2D eigenvalue weighted by atomic mass is 32.2. The lowest BCUT2D eigenvalue weighted by molar-refractivity contribution is -0.137. The molecule has 0 saturated carbocycles. The van der Waals surface area contributed by atoms with Gasteiger partial charge in [-0.3, -0.25) is 0 Å². The number of hydrogen-bond donors (Lipinski definition) is 1. The summed E-state index contributed by atoms with van der Waals surface area (Å²) < 4.78 is 68.0. The molecule has 1 N–H and O–H groups in total. The summed E-state index contributed by atoms with van der Waals surface area (Å²) in [5.41, 5.74) is -0.760. The van der Waals surface area contributed by atoms with Crippen LogP contribution in [0.15, 0.2) is 24.3 Å². The molecule has 0 radical (unpaired) electrons. The first kappa shape index (κ1) is 19.1. The molecule has 1 fully saturated rings. The van der Waals surface area contributed by atoms with Crippen LogP contribution in [0.25, 0.3) is 0 Å². The number of rotatable bonds is 6. The fraction of sp³-hybridized carbons (Fsp3) is 0.625. The van der Waals surface area contributed by atoms with E-state index >= 15 is 0 Å². The number of sulfone groups is 1. The maximum Gasteiger partial charge on any atom is 0.416 e. The van der Waals surface area contributed by atoms with Crippen molar-refractivity contribution in [1.82, 2.24) is 5.32 Å². The molecule has 1 aromatic rings. The fourth-order valence-electron chi connectivity index (χ4n) is 2.58. The molecule has 1 saturated heterocycles. The Morgan fingerprint density at radius 3 is 2.33 bits per heavy atom. The van der Waals surface area contributed by atoms with Crippen LogP contribution in [0.3, 0.4) is 0 Å². The Labute approximate surface area is 140 Å². The van der Waals surface area contributed by atoms with Crippen molar-refractivity contribution in [3.05, 3.63) is 29.8 Å². The summed E-state index contributed by atoms with van der Waals surface area (Å²) in [6.07, 6.45) is -4.21. The van der Waals surface area contributed by atoms with Crippen LogP contribution in [0.4, 0.5) is 13.2 Å². The zero-order valence-corrected chi connectivity index (χ0v) is 14.5. The van der Waals surface area contributed by atoms with Crippen molar-refractivity contribution in [3.63, 3.8) is 0 Å². The summed E-state index contributed by atoms with van der Waals surface area (Å²) >= 11 is 0. The Morgan fingerprint density at radius 2 is 1.88 bits per heavy atom. The second-order valence-corrected chi connectivity index (χ2v) is 8.91. The maximum atomic E-state index is 12.6. The highest BCUT2D eigenvalue weighted by Gasteiger charge is 2.33. The zero-order valence-electron chi connectivity index (χ0n) is 13.6. The molecular weight excluding hydrogens is 343 g/mol. The van der Waals surface area contributed by atoms with Gasteiger partial charge in [0.1, 0.15) is 11.9 Å². The van der Waals surface area contributed by atoms with Crippen molar-refractivity contribution >= 4 is 9.84 Å². The molecule has 0 amide bonds. The normalized spacial score (nSPS) is 20.3. The van der Waals surface area contributed by atoms with Gasteiger partial charge in [-0.05, 0) is 51.1 Å². The molecule has 2 rings (SSSR count). The van der Waals surface area contributed by atoms with Crippen LogP contribution >= 0.6 is 0 Å². The van der Waals surface area contributed by atoms with Crippen LogP contribution in [0.5, 0.6) is 5.75 Å². The van der Waals surface area contributed by atoms with Gasteiger partial charge in [0.25, 0.3) is 0 Å². The van der Waals surface area contributed by atoms with Gasteiger partial charge in [-0.2, -0.15) is 13.2 Å². The van der Waals surface area contributed by atoms with E-state index in [9.17, 15) is 21.6 Å². The Bertz CT molecular complexity index is 636. The minimum absolute atomic E-state index is 0.0146. The molecule has 1 heterocycles. The van der Waals surface area contributed by atoms with Gasteiger partial charge in [0, 0.05) is 12.5 Å². The van der Waals surface area contributed by atoms with E-state index in [0.717, 1.165) is 25.1 Å². The van der Waals surface area contributed by atoms with Gasteiger partial charge in [0.2, 0.25) is 0 Å². The summed E-state index contributed by atoms with van der Waals surface area (Å²) in [4.78, 5) is 0. The number of nitrogens with one attached hydrogen (secondary N) is 1. The lowest BCUT2D eigenvalue weighted by Gasteiger charge is -2.25. The second kappa shape index (κ2) is 7.31. The molecule has 136 valence electrons. The zero-order chi connectivity index (χ0) is 18.0. The molecule has 2 atom stereocenters. The molecule has 0 aliphatic carbocycles. The van der Waals surface area contributed by atoms with Gasteiger partial charge >= 0.3 is 6.18 Å². The van der Waals surface area contributed by atoms with E-state index in [4.69, 9.17) is 4.74 Å². The third-order valence-corrected chi connectivity index (χ3v) is 6.44. The predicted octanol–water partition coefficient (Wildman–Crippen LogP) is 2.89. The average molecular weight is 365 g/mol. The number of alkyl halides is 3. The topological polar surface area (TPSA) is 55.4 Å². The Hall–Kier alpha value is -1.28. The van der Waals surface area contributed by atoms with Crippen molar-refractivity contribution in [1.29, 1.82) is 0 Å². The van der Waals surface area contributed by atoms with Gasteiger partial charge in [-0.25, -0.2) is 8.42 Å².